The molecule has 0 bridgehead atoms. The highest BCUT2D eigenvalue weighted by molar-refractivity contribution is 6.31. The summed E-state index contributed by atoms with van der Waals surface area (Å²) in [5, 5.41) is 12.2. The number of aliphatic hydroxyl groups excluding tert-OH is 1. The molecule has 1 heterocycles. The number of rotatable bonds is 4. The van der Waals surface area contributed by atoms with Gasteiger partial charge in [0.2, 0.25) is 0 Å². The van der Waals surface area contributed by atoms with Crippen LogP contribution in [-0.2, 0) is 4.74 Å². The lowest BCUT2D eigenvalue weighted by Gasteiger charge is -2.31. The number of hydrogen-bond acceptors (Lipinski definition) is 3. The van der Waals surface area contributed by atoms with Crippen LogP contribution in [0.15, 0.2) is 18.2 Å². The number of halogens is 1. The second-order valence-electron chi connectivity index (χ2n) is 5.17. The fourth-order valence-corrected chi connectivity index (χ4v) is 2.50. The number of benzene rings is 1. The number of carbonyl (C=O) groups excluding carboxylic acids is 1. The average Bonchev–Trinajstić information content (AvgIpc) is 2.49. The molecule has 2 N–H and O–H groups in total. The van der Waals surface area contributed by atoms with Crippen molar-refractivity contribution in [2.75, 3.05) is 31.6 Å². The molecule has 2 amide bonds. The number of anilines is 1. The van der Waals surface area contributed by atoms with Gasteiger partial charge in [-0.25, -0.2) is 4.79 Å². The number of urea groups is 1. The Morgan fingerprint density at radius 1 is 1.48 bits per heavy atom. The van der Waals surface area contributed by atoms with E-state index in [1.165, 1.54) is 0 Å². The van der Waals surface area contributed by atoms with Gasteiger partial charge in [0.25, 0.3) is 0 Å². The molecule has 6 heteroatoms. The minimum Gasteiger partial charge on any atom is -0.394 e. The molecule has 5 nitrogen and oxygen atoms in total. The lowest BCUT2D eigenvalue weighted by molar-refractivity contribution is -0.000875. The second kappa shape index (κ2) is 7.64. The van der Waals surface area contributed by atoms with Crippen LogP contribution in [0.5, 0.6) is 0 Å². The van der Waals surface area contributed by atoms with Crippen LogP contribution in [0.1, 0.15) is 18.4 Å². The Kier molecular flexibility index (Phi) is 5.85. The minimum absolute atomic E-state index is 0.0366. The summed E-state index contributed by atoms with van der Waals surface area (Å²) in [5.41, 5.74) is 1.69. The lowest BCUT2D eigenvalue weighted by atomic mass is 10.1. The molecule has 0 radical (unpaired) electrons. The van der Waals surface area contributed by atoms with E-state index >= 15 is 0 Å². The van der Waals surface area contributed by atoms with Gasteiger partial charge in [-0.05, 0) is 37.5 Å². The SMILES string of the molecule is Cc1ccc(NC(=O)N2CCC(OCCO)CC2)cc1Cl. The van der Waals surface area contributed by atoms with E-state index in [9.17, 15) is 4.79 Å². The van der Waals surface area contributed by atoms with Crippen molar-refractivity contribution in [3.05, 3.63) is 28.8 Å². The fourth-order valence-electron chi connectivity index (χ4n) is 2.32. The lowest BCUT2D eigenvalue weighted by Crippen LogP contribution is -2.43. The summed E-state index contributed by atoms with van der Waals surface area (Å²) < 4.78 is 5.48. The predicted octanol–water partition coefficient (Wildman–Crippen LogP) is 2.65. The largest absolute Gasteiger partial charge is 0.394 e. The van der Waals surface area contributed by atoms with Crippen molar-refractivity contribution in [3.63, 3.8) is 0 Å². The quantitative estimate of drug-likeness (QED) is 0.898. The molecule has 21 heavy (non-hydrogen) atoms. The summed E-state index contributed by atoms with van der Waals surface area (Å²) in [5.74, 6) is 0. The van der Waals surface area contributed by atoms with Gasteiger partial charge in [-0.3, -0.25) is 0 Å². The van der Waals surface area contributed by atoms with Gasteiger partial charge in [0, 0.05) is 23.8 Å². The third-order valence-corrected chi connectivity index (χ3v) is 4.00. The fraction of sp³-hybridized carbons (Fsp3) is 0.533. The van der Waals surface area contributed by atoms with Crippen molar-refractivity contribution >= 4 is 23.3 Å². The van der Waals surface area contributed by atoms with Crippen LogP contribution in [0.2, 0.25) is 5.02 Å². The van der Waals surface area contributed by atoms with Gasteiger partial charge in [0.05, 0.1) is 19.3 Å². The van der Waals surface area contributed by atoms with Gasteiger partial charge < -0.3 is 20.1 Å². The zero-order valence-corrected chi connectivity index (χ0v) is 12.9. The molecule has 0 aromatic heterocycles. The van der Waals surface area contributed by atoms with Crippen molar-refractivity contribution < 1.29 is 14.6 Å². The standard InChI is InChI=1S/C15H21ClN2O3/c1-11-2-3-12(10-14(11)16)17-15(20)18-6-4-13(5-7-18)21-9-8-19/h2-3,10,13,19H,4-9H2,1H3,(H,17,20). The van der Waals surface area contributed by atoms with E-state index in [0.29, 0.717) is 30.4 Å². The highest BCUT2D eigenvalue weighted by Gasteiger charge is 2.23. The van der Waals surface area contributed by atoms with Crippen LogP contribution in [0.25, 0.3) is 0 Å². The van der Waals surface area contributed by atoms with Gasteiger partial charge >= 0.3 is 6.03 Å². The number of aryl methyl sites for hydroxylation is 1. The number of hydrogen-bond donors (Lipinski definition) is 2. The first-order valence-corrected chi connectivity index (χ1v) is 7.52. The van der Waals surface area contributed by atoms with Crippen LogP contribution in [-0.4, -0.2) is 48.4 Å². The molecule has 1 aliphatic heterocycles. The van der Waals surface area contributed by atoms with E-state index in [2.05, 4.69) is 5.32 Å². The molecule has 0 saturated carbocycles. The molecule has 1 fully saturated rings. The van der Waals surface area contributed by atoms with Crippen molar-refractivity contribution in [2.45, 2.75) is 25.9 Å². The number of aliphatic hydroxyl groups is 1. The number of ether oxygens (including phenoxy) is 1. The van der Waals surface area contributed by atoms with Crippen LogP contribution >= 0.6 is 11.6 Å². The summed E-state index contributed by atoms with van der Waals surface area (Å²) in [4.78, 5) is 13.9. The molecule has 1 saturated heterocycles. The molecular formula is C15H21ClN2O3. The summed E-state index contributed by atoms with van der Waals surface area (Å²) in [6.45, 7) is 3.63. The first-order chi connectivity index (χ1) is 10.1. The number of carbonyl (C=O) groups is 1. The molecule has 2 rings (SSSR count). The summed E-state index contributed by atoms with van der Waals surface area (Å²) in [6.07, 6.45) is 1.72. The average molecular weight is 313 g/mol. The Bertz CT molecular complexity index is 488. The van der Waals surface area contributed by atoms with Crippen LogP contribution in [0.4, 0.5) is 10.5 Å². The monoisotopic (exact) mass is 312 g/mol. The zero-order valence-electron chi connectivity index (χ0n) is 12.1. The van der Waals surface area contributed by atoms with Crippen molar-refractivity contribution in [1.82, 2.24) is 4.90 Å². The Labute approximate surface area is 129 Å². The molecule has 0 unspecified atom stereocenters. The van der Waals surface area contributed by atoms with Crippen molar-refractivity contribution in [1.29, 1.82) is 0 Å². The number of nitrogens with one attached hydrogen (secondary N) is 1. The van der Waals surface area contributed by atoms with Crippen LogP contribution in [0.3, 0.4) is 0 Å². The maximum atomic E-state index is 12.2. The molecule has 0 spiro atoms. The number of amides is 2. The van der Waals surface area contributed by atoms with Gasteiger partial charge in [-0.1, -0.05) is 17.7 Å². The Balaban J connectivity index is 1.83. The first kappa shape index (κ1) is 16.1. The van der Waals surface area contributed by atoms with Gasteiger partial charge in [-0.15, -0.1) is 0 Å². The first-order valence-electron chi connectivity index (χ1n) is 7.14. The van der Waals surface area contributed by atoms with Crippen LogP contribution in [0, 0.1) is 6.92 Å². The smallest absolute Gasteiger partial charge is 0.321 e. The third kappa shape index (κ3) is 4.59. The van der Waals surface area contributed by atoms with Crippen molar-refractivity contribution in [3.8, 4) is 0 Å². The molecule has 0 atom stereocenters. The van der Waals surface area contributed by atoms with Crippen LogP contribution < -0.4 is 5.32 Å². The maximum Gasteiger partial charge on any atom is 0.321 e. The third-order valence-electron chi connectivity index (χ3n) is 3.60. The molecule has 1 aliphatic rings. The molecular weight excluding hydrogens is 292 g/mol. The number of piperidine rings is 1. The Morgan fingerprint density at radius 2 is 2.19 bits per heavy atom. The van der Waals surface area contributed by atoms with Gasteiger partial charge in [0.15, 0.2) is 0 Å². The predicted molar refractivity (Wildman–Crippen MR) is 82.8 cm³/mol. The summed E-state index contributed by atoms with van der Waals surface area (Å²) in [6, 6.07) is 5.37. The number of likely N-dealkylation sites (tertiary alicyclic amines) is 1. The summed E-state index contributed by atoms with van der Waals surface area (Å²) >= 11 is 6.05. The van der Waals surface area contributed by atoms with E-state index in [1.807, 2.05) is 19.1 Å². The minimum atomic E-state index is -0.115. The van der Waals surface area contributed by atoms with E-state index in [0.717, 1.165) is 18.4 Å². The Morgan fingerprint density at radius 3 is 2.81 bits per heavy atom. The topological polar surface area (TPSA) is 61.8 Å². The molecule has 1 aromatic rings. The molecule has 0 aliphatic carbocycles. The molecule has 116 valence electrons. The normalized spacial score (nSPS) is 16.0. The van der Waals surface area contributed by atoms with E-state index in [1.54, 1.807) is 11.0 Å². The van der Waals surface area contributed by atoms with Gasteiger partial charge in [0.1, 0.15) is 0 Å². The highest BCUT2D eigenvalue weighted by atomic mass is 35.5. The van der Waals surface area contributed by atoms with E-state index < -0.39 is 0 Å². The van der Waals surface area contributed by atoms with Crippen molar-refractivity contribution in [2.24, 2.45) is 0 Å². The maximum absolute atomic E-state index is 12.2. The Hall–Kier alpha value is -1.30. The van der Waals surface area contributed by atoms with Gasteiger partial charge in [-0.2, -0.15) is 0 Å². The highest BCUT2D eigenvalue weighted by Crippen LogP contribution is 2.21. The molecule has 1 aromatic carbocycles. The van der Waals surface area contributed by atoms with E-state index in [4.69, 9.17) is 21.4 Å². The van der Waals surface area contributed by atoms with E-state index in [-0.39, 0.29) is 18.7 Å². The zero-order chi connectivity index (χ0) is 15.2. The summed E-state index contributed by atoms with van der Waals surface area (Å²) in [7, 11) is 0. The number of nitrogens with zero attached hydrogens (tertiary/aromatic N) is 1. The second-order valence-corrected chi connectivity index (χ2v) is 5.58.